The molecule has 33 heavy (non-hydrogen) atoms. The molecule has 2 aromatic carbocycles. The summed E-state index contributed by atoms with van der Waals surface area (Å²) in [5, 5.41) is 2.82. The number of nitrogens with zero attached hydrogens (tertiary/aromatic N) is 2. The van der Waals surface area contributed by atoms with E-state index >= 15 is 0 Å². The third-order valence-corrected chi connectivity index (χ3v) is 6.46. The first-order chi connectivity index (χ1) is 15.8. The molecule has 1 amide bonds. The quantitative estimate of drug-likeness (QED) is 0.555. The number of amides is 1. The van der Waals surface area contributed by atoms with E-state index < -0.39 is 15.9 Å². The van der Waals surface area contributed by atoms with E-state index in [1.54, 1.807) is 12.1 Å². The molecule has 1 aliphatic rings. The van der Waals surface area contributed by atoms with Crippen molar-refractivity contribution in [3.05, 3.63) is 53.6 Å². The minimum atomic E-state index is -3.76. The molecule has 0 unspecified atom stereocenters. The second-order valence-corrected chi connectivity index (χ2v) is 9.70. The Morgan fingerprint density at radius 2 is 1.82 bits per heavy atom. The van der Waals surface area contributed by atoms with E-state index in [0.29, 0.717) is 18.0 Å². The molecular weight excluding hydrogens is 446 g/mol. The third kappa shape index (κ3) is 7.08. The lowest BCUT2D eigenvalue weighted by Gasteiger charge is -2.26. The molecule has 0 bridgehead atoms. The highest BCUT2D eigenvalue weighted by molar-refractivity contribution is 7.92. The zero-order chi connectivity index (χ0) is 23.8. The minimum absolute atomic E-state index is 0.238. The molecule has 0 saturated carbocycles. The molecule has 1 heterocycles. The number of rotatable bonds is 10. The highest BCUT2D eigenvalue weighted by Crippen LogP contribution is 2.33. The highest BCUT2D eigenvalue weighted by Gasteiger charge is 2.24. The van der Waals surface area contributed by atoms with Gasteiger partial charge in [0.2, 0.25) is 15.9 Å². The summed E-state index contributed by atoms with van der Waals surface area (Å²) in [5.41, 5.74) is 2.34. The lowest BCUT2D eigenvalue weighted by molar-refractivity contribution is -0.119. The number of anilines is 1. The van der Waals surface area contributed by atoms with E-state index in [1.807, 2.05) is 12.1 Å². The predicted molar refractivity (Wildman–Crippen MR) is 126 cm³/mol. The van der Waals surface area contributed by atoms with Gasteiger partial charge in [0, 0.05) is 32.2 Å². The average Bonchev–Trinajstić information content (AvgIpc) is 2.81. The zero-order valence-corrected chi connectivity index (χ0v) is 20.1. The highest BCUT2D eigenvalue weighted by atomic mass is 32.2. The van der Waals surface area contributed by atoms with Crippen LogP contribution < -0.4 is 19.1 Å². The lowest BCUT2D eigenvalue weighted by atomic mass is 10.1. The number of carbonyl (C=O) groups excluding carboxylic acids is 1. The largest absolute Gasteiger partial charge is 0.497 e. The maximum Gasteiger partial charge on any atom is 0.241 e. The summed E-state index contributed by atoms with van der Waals surface area (Å²) in [7, 11) is -0.833. The van der Waals surface area contributed by atoms with Crippen molar-refractivity contribution in [1.29, 1.82) is 0 Å². The molecule has 1 N–H and O–H groups in total. The number of ether oxygens (including phenoxy) is 3. The minimum Gasteiger partial charge on any atom is -0.497 e. The van der Waals surface area contributed by atoms with Crippen molar-refractivity contribution in [3.63, 3.8) is 0 Å². The van der Waals surface area contributed by atoms with Crippen molar-refractivity contribution in [2.75, 3.05) is 57.6 Å². The van der Waals surface area contributed by atoms with Crippen molar-refractivity contribution >= 4 is 21.6 Å². The number of hydrogen-bond donors (Lipinski definition) is 1. The summed E-state index contributed by atoms with van der Waals surface area (Å²) in [4.78, 5) is 15.0. The first-order valence-corrected chi connectivity index (χ1v) is 12.5. The lowest BCUT2D eigenvalue weighted by Crippen LogP contribution is -2.40. The van der Waals surface area contributed by atoms with Crippen molar-refractivity contribution < 1.29 is 27.4 Å². The van der Waals surface area contributed by atoms with Gasteiger partial charge in [-0.05, 0) is 23.3 Å². The van der Waals surface area contributed by atoms with Crippen LogP contribution in [0, 0.1) is 0 Å². The molecule has 0 atom stereocenters. The summed E-state index contributed by atoms with van der Waals surface area (Å²) in [6.45, 7) is 4.02. The van der Waals surface area contributed by atoms with E-state index in [9.17, 15) is 13.2 Å². The summed E-state index contributed by atoms with van der Waals surface area (Å²) in [5.74, 6) is 0.352. The molecule has 1 aliphatic heterocycles. The first kappa shape index (κ1) is 24.8. The van der Waals surface area contributed by atoms with Crippen LogP contribution in [0.15, 0.2) is 42.5 Å². The van der Waals surface area contributed by atoms with Crippen molar-refractivity contribution in [2.45, 2.75) is 13.1 Å². The molecule has 10 heteroatoms. The van der Waals surface area contributed by atoms with Gasteiger partial charge in [-0.25, -0.2) is 8.42 Å². The van der Waals surface area contributed by atoms with Crippen molar-refractivity contribution in [2.24, 2.45) is 0 Å². The van der Waals surface area contributed by atoms with E-state index in [4.69, 9.17) is 14.2 Å². The fourth-order valence-corrected chi connectivity index (χ4v) is 4.47. The van der Waals surface area contributed by atoms with Crippen LogP contribution in [0.1, 0.15) is 11.1 Å². The Balaban J connectivity index is 1.67. The molecule has 9 nitrogen and oxygen atoms in total. The van der Waals surface area contributed by atoms with E-state index in [0.717, 1.165) is 54.5 Å². The zero-order valence-electron chi connectivity index (χ0n) is 19.2. The van der Waals surface area contributed by atoms with Gasteiger partial charge in [-0.1, -0.05) is 24.3 Å². The SMILES string of the molecule is COc1ccc(OC)c(N(CC(=O)NCc2cccc(CN3CCOCC3)c2)S(C)(=O)=O)c1. The third-order valence-electron chi connectivity index (χ3n) is 5.33. The van der Waals surface area contributed by atoms with Gasteiger partial charge >= 0.3 is 0 Å². The summed E-state index contributed by atoms with van der Waals surface area (Å²) in [6, 6.07) is 12.8. The molecule has 0 aliphatic carbocycles. The van der Waals surface area contributed by atoms with E-state index in [1.165, 1.54) is 20.3 Å². The van der Waals surface area contributed by atoms with Crippen LogP contribution in [0.5, 0.6) is 11.5 Å². The van der Waals surface area contributed by atoms with Gasteiger partial charge in [0.1, 0.15) is 18.0 Å². The Labute approximate surface area is 195 Å². The topological polar surface area (TPSA) is 97.4 Å². The van der Waals surface area contributed by atoms with Gasteiger partial charge in [0.15, 0.2) is 0 Å². The Morgan fingerprint density at radius 3 is 2.48 bits per heavy atom. The molecule has 0 spiro atoms. The molecule has 3 rings (SSSR count). The van der Waals surface area contributed by atoms with Crippen LogP contribution >= 0.6 is 0 Å². The molecule has 2 aromatic rings. The summed E-state index contributed by atoms with van der Waals surface area (Å²) >= 11 is 0. The number of methoxy groups -OCH3 is 2. The molecule has 1 fully saturated rings. The number of nitrogens with one attached hydrogen (secondary N) is 1. The van der Waals surface area contributed by atoms with Crippen molar-refractivity contribution in [3.8, 4) is 11.5 Å². The average molecular weight is 478 g/mol. The fraction of sp³-hybridized carbons (Fsp3) is 0.435. The fourth-order valence-electron chi connectivity index (χ4n) is 3.62. The van der Waals surface area contributed by atoms with Crippen LogP contribution in [0.25, 0.3) is 0 Å². The van der Waals surface area contributed by atoms with Crippen LogP contribution in [0.3, 0.4) is 0 Å². The number of benzene rings is 2. The first-order valence-electron chi connectivity index (χ1n) is 10.6. The van der Waals surface area contributed by atoms with E-state index in [2.05, 4.69) is 22.3 Å². The Bertz CT molecular complexity index is 1050. The molecule has 180 valence electrons. The van der Waals surface area contributed by atoms with Gasteiger partial charge < -0.3 is 19.5 Å². The Kier molecular flexibility index (Phi) is 8.54. The Morgan fingerprint density at radius 1 is 1.09 bits per heavy atom. The summed E-state index contributed by atoms with van der Waals surface area (Å²) < 4.78 is 41.9. The molecule has 0 radical (unpaired) electrons. The van der Waals surface area contributed by atoms with Crippen LogP contribution in [-0.4, -0.2) is 72.5 Å². The van der Waals surface area contributed by atoms with Gasteiger partial charge in [-0.2, -0.15) is 0 Å². The molecule has 0 aromatic heterocycles. The second kappa shape index (κ2) is 11.4. The second-order valence-electron chi connectivity index (χ2n) is 7.79. The number of sulfonamides is 1. The van der Waals surface area contributed by atoms with Crippen LogP contribution in [-0.2, 0) is 32.6 Å². The summed E-state index contributed by atoms with van der Waals surface area (Å²) in [6.07, 6.45) is 1.05. The van der Waals surface area contributed by atoms with Gasteiger partial charge in [0.05, 0.1) is 39.4 Å². The van der Waals surface area contributed by atoms with E-state index in [-0.39, 0.29) is 12.2 Å². The van der Waals surface area contributed by atoms with Gasteiger partial charge in [0.25, 0.3) is 0 Å². The van der Waals surface area contributed by atoms with Crippen molar-refractivity contribution in [1.82, 2.24) is 10.2 Å². The molecular formula is C23H31N3O6S. The monoisotopic (exact) mass is 477 g/mol. The number of hydrogen-bond acceptors (Lipinski definition) is 7. The Hall–Kier alpha value is -2.82. The van der Waals surface area contributed by atoms with Gasteiger partial charge in [-0.3, -0.25) is 14.0 Å². The number of morpholine rings is 1. The number of carbonyl (C=O) groups is 1. The normalized spacial score (nSPS) is 14.5. The maximum atomic E-state index is 12.7. The van der Waals surface area contributed by atoms with Gasteiger partial charge in [-0.15, -0.1) is 0 Å². The maximum absolute atomic E-state index is 12.7. The predicted octanol–water partition coefficient (Wildman–Crippen LogP) is 1.62. The standard InChI is InChI=1S/C23H31N3O6S/c1-30-20-7-8-22(31-2)21(14-20)26(33(3,28)29)17-23(27)24-15-18-5-4-6-19(13-18)16-25-9-11-32-12-10-25/h4-8,13-14H,9-12,15-17H2,1-3H3,(H,24,27). The molecule has 1 saturated heterocycles. The van der Waals surface area contributed by atoms with Crippen LogP contribution in [0.4, 0.5) is 5.69 Å². The van der Waals surface area contributed by atoms with Crippen LogP contribution in [0.2, 0.25) is 0 Å². The smallest absolute Gasteiger partial charge is 0.241 e.